The Morgan fingerprint density at radius 3 is 1.52 bits per heavy atom. The minimum atomic E-state index is -4.33. The normalized spacial score (nSPS) is 12.0. The van der Waals surface area contributed by atoms with E-state index in [-0.39, 0.29) is 0 Å². The highest BCUT2D eigenvalue weighted by molar-refractivity contribution is 7.10. The molecule has 0 saturated heterocycles. The van der Waals surface area contributed by atoms with Crippen molar-refractivity contribution in [3.63, 3.8) is 0 Å². The molecule has 0 radical (unpaired) electrons. The van der Waals surface area contributed by atoms with Gasteiger partial charge in [0.1, 0.15) is 4.88 Å². The summed E-state index contributed by atoms with van der Waals surface area (Å²) in [5.41, 5.74) is -0.470. The minimum absolute atomic E-state index is 0.498. The number of aromatic nitrogens is 3. The Balaban J connectivity index is 0.000000233. The van der Waals surface area contributed by atoms with Crippen molar-refractivity contribution < 1.29 is 39.5 Å². The number of thiophene rings is 1. The van der Waals surface area contributed by atoms with E-state index < -0.39 is 34.8 Å². The number of nitrogens with zero attached hydrogens (tertiary/aromatic N) is 3. The van der Waals surface area contributed by atoms with Crippen LogP contribution in [0, 0.1) is 20.8 Å². The van der Waals surface area contributed by atoms with Crippen LogP contribution in [0.2, 0.25) is 0 Å². The predicted molar refractivity (Wildman–Crippen MR) is 98.9 cm³/mol. The summed E-state index contributed by atoms with van der Waals surface area (Å²) in [5.74, 6) is 0. The summed E-state index contributed by atoms with van der Waals surface area (Å²) < 4.78 is 111. The van der Waals surface area contributed by atoms with E-state index in [1.807, 2.05) is 0 Å². The molecule has 0 fully saturated rings. The predicted octanol–water partition coefficient (Wildman–Crippen LogP) is 7.29. The van der Waals surface area contributed by atoms with Crippen LogP contribution in [0.5, 0.6) is 0 Å². The molecule has 0 saturated carbocycles. The zero-order valence-electron chi connectivity index (χ0n) is 16.4. The Labute approximate surface area is 179 Å². The molecule has 31 heavy (non-hydrogen) atoms. The van der Waals surface area contributed by atoms with Gasteiger partial charge >= 0.3 is 18.5 Å². The third-order valence-corrected chi connectivity index (χ3v) is 5.12. The maximum absolute atomic E-state index is 11.9. The fraction of sp³-hybridized carbons (Fsp3) is 0.412. The standard InChI is InChI=1S/C6H7F3N2.C6H5F3S.C5H4F3NS/c1-4-3-5(6(7,8)9)10-11(4)2;1-4-2-5(10-3-4)6(7,8)9;1-3-2-4(9-10-3)5(6,7)8/h3H,1-2H3;2-3H,1H3;2H,1H3. The van der Waals surface area contributed by atoms with E-state index in [0.717, 1.165) is 41.1 Å². The van der Waals surface area contributed by atoms with Gasteiger partial charge in [-0.25, -0.2) is 0 Å². The van der Waals surface area contributed by atoms with Gasteiger partial charge in [-0.2, -0.15) is 49.0 Å². The Kier molecular flexibility index (Phi) is 8.71. The highest BCUT2D eigenvalue weighted by Crippen LogP contribution is 2.33. The number of hydrogen-bond donors (Lipinski definition) is 0. The van der Waals surface area contributed by atoms with E-state index in [9.17, 15) is 39.5 Å². The smallest absolute Gasteiger partial charge is 0.272 e. The first-order chi connectivity index (χ1) is 13.9. The van der Waals surface area contributed by atoms with E-state index in [2.05, 4.69) is 9.47 Å². The number of alkyl halides is 9. The van der Waals surface area contributed by atoms with Crippen molar-refractivity contribution >= 4 is 22.9 Å². The van der Waals surface area contributed by atoms with Gasteiger partial charge in [0.25, 0.3) is 0 Å². The molecule has 14 heteroatoms. The molecule has 0 unspecified atom stereocenters. The first-order valence-corrected chi connectivity index (χ1v) is 9.77. The number of aryl methyl sites for hydroxylation is 4. The average molecular weight is 497 g/mol. The molecule has 0 atom stereocenters. The largest absolute Gasteiger partial charge is 0.435 e. The van der Waals surface area contributed by atoms with Crippen molar-refractivity contribution in [2.75, 3.05) is 0 Å². The highest BCUT2D eigenvalue weighted by Gasteiger charge is 2.34. The molecular formula is C17H16F9N3S2. The molecule has 3 rings (SSSR count). The van der Waals surface area contributed by atoms with Gasteiger partial charge in [-0.15, -0.1) is 11.3 Å². The van der Waals surface area contributed by atoms with Gasteiger partial charge in [0.2, 0.25) is 0 Å². The second kappa shape index (κ2) is 10.0. The Hall–Kier alpha value is -2.09. The van der Waals surface area contributed by atoms with E-state index >= 15 is 0 Å². The monoisotopic (exact) mass is 497 g/mol. The topological polar surface area (TPSA) is 30.7 Å². The van der Waals surface area contributed by atoms with Crippen molar-refractivity contribution in [1.29, 1.82) is 0 Å². The molecule has 174 valence electrons. The van der Waals surface area contributed by atoms with Gasteiger partial charge in [-0.3, -0.25) is 4.68 Å². The zero-order valence-corrected chi connectivity index (χ0v) is 18.0. The lowest BCUT2D eigenvalue weighted by molar-refractivity contribution is -0.141. The SMILES string of the molecule is Cc1cc(C(F)(F)F)nn1C.Cc1cc(C(F)(F)F)ns1.Cc1csc(C(F)(F)F)c1. The van der Waals surface area contributed by atoms with Gasteiger partial charge in [0.05, 0.1) is 0 Å². The van der Waals surface area contributed by atoms with Gasteiger partial charge in [-0.1, -0.05) is 0 Å². The molecule has 0 aromatic carbocycles. The minimum Gasteiger partial charge on any atom is -0.272 e. The molecule has 0 aliphatic heterocycles. The van der Waals surface area contributed by atoms with E-state index in [1.54, 1.807) is 20.8 Å². The van der Waals surface area contributed by atoms with Crippen LogP contribution in [-0.4, -0.2) is 14.2 Å². The summed E-state index contributed by atoms with van der Waals surface area (Å²) in [6.45, 7) is 4.81. The molecule has 0 N–H and O–H groups in total. The average Bonchev–Trinajstić information content (AvgIpc) is 3.29. The first-order valence-electron chi connectivity index (χ1n) is 8.12. The molecule has 0 spiro atoms. The summed E-state index contributed by atoms with van der Waals surface area (Å²) in [7, 11) is 1.48. The molecule has 0 aliphatic rings. The Morgan fingerprint density at radius 2 is 1.32 bits per heavy atom. The molecule has 3 heterocycles. The lowest BCUT2D eigenvalue weighted by atomic mass is 10.3. The lowest BCUT2D eigenvalue weighted by Crippen LogP contribution is -2.06. The third-order valence-electron chi connectivity index (χ3n) is 3.33. The van der Waals surface area contributed by atoms with Crippen molar-refractivity contribution in [3.05, 3.63) is 56.0 Å². The van der Waals surface area contributed by atoms with Crippen LogP contribution in [0.3, 0.4) is 0 Å². The number of halogens is 9. The summed E-state index contributed by atoms with van der Waals surface area (Å²) in [5, 5.41) is 4.76. The maximum Gasteiger partial charge on any atom is 0.435 e. The highest BCUT2D eigenvalue weighted by atomic mass is 32.1. The Bertz CT molecular complexity index is 893. The molecular weight excluding hydrogens is 481 g/mol. The van der Waals surface area contributed by atoms with Crippen LogP contribution in [0.4, 0.5) is 39.5 Å². The molecule has 0 bridgehead atoms. The van der Waals surface area contributed by atoms with Gasteiger partial charge in [-0.05, 0) is 61.4 Å². The molecule has 3 aromatic heterocycles. The van der Waals surface area contributed by atoms with Crippen LogP contribution in [0.25, 0.3) is 0 Å². The summed E-state index contributed by atoms with van der Waals surface area (Å²) >= 11 is 1.59. The van der Waals surface area contributed by atoms with Crippen LogP contribution >= 0.6 is 22.9 Å². The van der Waals surface area contributed by atoms with Crippen LogP contribution < -0.4 is 0 Å². The maximum atomic E-state index is 11.9. The summed E-state index contributed by atoms with van der Waals surface area (Å²) in [4.78, 5) is 0.0531. The van der Waals surface area contributed by atoms with Crippen molar-refractivity contribution in [2.24, 2.45) is 7.05 Å². The quantitative estimate of drug-likeness (QED) is 0.305. The first kappa shape index (κ1) is 26.9. The van der Waals surface area contributed by atoms with E-state index in [4.69, 9.17) is 0 Å². The van der Waals surface area contributed by atoms with E-state index in [0.29, 0.717) is 16.1 Å². The van der Waals surface area contributed by atoms with E-state index in [1.165, 1.54) is 17.1 Å². The fourth-order valence-corrected chi connectivity index (χ4v) is 3.11. The van der Waals surface area contributed by atoms with Crippen molar-refractivity contribution in [3.8, 4) is 0 Å². The molecule has 0 amide bonds. The molecule has 3 aromatic rings. The van der Waals surface area contributed by atoms with Gasteiger partial charge < -0.3 is 0 Å². The summed E-state index contributed by atoms with van der Waals surface area (Å²) in [6, 6.07) is 3.19. The van der Waals surface area contributed by atoms with Crippen molar-refractivity contribution in [2.45, 2.75) is 39.3 Å². The van der Waals surface area contributed by atoms with Crippen molar-refractivity contribution in [1.82, 2.24) is 14.2 Å². The van der Waals surface area contributed by atoms with Crippen LogP contribution in [0.1, 0.15) is 32.4 Å². The fourth-order valence-electron chi connectivity index (χ4n) is 1.78. The molecule has 3 nitrogen and oxygen atoms in total. The lowest BCUT2D eigenvalue weighted by Gasteiger charge is -1.99. The second-order valence-electron chi connectivity index (χ2n) is 6.10. The Morgan fingerprint density at radius 1 is 0.774 bits per heavy atom. The van der Waals surface area contributed by atoms with Gasteiger partial charge in [0.15, 0.2) is 11.4 Å². The number of hydrogen-bond acceptors (Lipinski definition) is 4. The summed E-state index contributed by atoms with van der Waals surface area (Å²) in [6.07, 6.45) is -12.8. The zero-order chi connectivity index (χ0) is 24.2. The number of rotatable bonds is 0. The third kappa shape index (κ3) is 8.89. The molecule has 0 aliphatic carbocycles. The van der Waals surface area contributed by atoms with Gasteiger partial charge in [0, 0.05) is 17.6 Å². The van der Waals surface area contributed by atoms with Crippen LogP contribution in [0.15, 0.2) is 23.6 Å². The second-order valence-corrected chi connectivity index (χ2v) is 8.02. The van der Waals surface area contributed by atoms with Crippen LogP contribution in [-0.2, 0) is 25.6 Å².